The number of aromatic amines is 1. The lowest BCUT2D eigenvalue weighted by Gasteiger charge is -2.15. The summed E-state index contributed by atoms with van der Waals surface area (Å²) in [5, 5.41) is 12.1. The molecule has 24 heavy (non-hydrogen) atoms. The van der Waals surface area contributed by atoms with Gasteiger partial charge in [-0.2, -0.15) is 0 Å². The number of nitrogens with one attached hydrogen (secondary N) is 1. The van der Waals surface area contributed by atoms with Crippen LogP contribution in [0.4, 0.5) is 4.39 Å². The lowest BCUT2D eigenvalue weighted by atomic mass is 10.1. The van der Waals surface area contributed by atoms with Crippen LogP contribution in [0, 0.1) is 16.3 Å². The number of aryl methyl sites for hydroxylation is 1. The fourth-order valence-electron chi connectivity index (χ4n) is 3.17. The van der Waals surface area contributed by atoms with Crippen LogP contribution in [-0.4, -0.2) is 20.0 Å². The Morgan fingerprint density at radius 2 is 2.00 bits per heavy atom. The largest absolute Gasteiger partial charge is 0.312 e. The Morgan fingerprint density at radius 3 is 2.71 bits per heavy atom. The van der Waals surface area contributed by atoms with Gasteiger partial charge in [0.2, 0.25) is 0 Å². The molecule has 4 rings (SSSR count). The molecule has 0 fully saturated rings. The molecule has 0 amide bonds. The summed E-state index contributed by atoms with van der Waals surface area (Å²) in [6.45, 7) is 6.14. The molecule has 122 valence electrons. The number of nitrogens with zero attached hydrogens (tertiary/aromatic N) is 3. The van der Waals surface area contributed by atoms with E-state index in [9.17, 15) is 4.39 Å². The molecule has 0 bridgehead atoms. The third-order valence-corrected chi connectivity index (χ3v) is 5.47. The van der Waals surface area contributed by atoms with E-state index in [1.807, 2.05) is 18.2 Å². The number of rotatable bonds is 2. The van der Waals surface area contributed by atoms with Gasteiger partial charge in [0.1, 0.15) is 11.3 Å². The van der Waals surface area contributed by atoms with E-state index in [4.69, 9.17) is 0 Å². The number of fused-ring (bicyclic) bond motifs is 2. The zero-order valence-corrected chi connectivity index (χ0v) is 15.7. The first-order valence-corrected chi connectivity index (χ1v) is 8.86. The summed E-state index contributed by atoms with van der Waals surface area (Å²) in [5.74, 6) is 0.147. The number of H-pyrrole nitrogens is 1. The predicted octanol–water partition coefficient (Wildman–Crippen LogP) is 5.08. The maximum atomic E-state index is 13.7. The van der Waals surface area contributed by atoms with E-state index < -0.39 is 0 Å². The van der Waals surface area contributed by atoms with Gasteiger partial charge in [0.05, 0.1) is 11.0 Å². The van der Waals surface area contributed by atoms with Crippen molar-refractivity contribution >= 4 is 44.5 Å². The molecule has 2 aromatic carbocycles. The molecule has 1 N–H and O–H groups in total. The van der Waals surface area contributed by atoms with Crippen molar-refractivity contribution in [3.63, 3.8) is 0 Å². The van der Waals surface area contributed by atoms with Gasteiger partial charge in [0.25, 0.3) is 0 Å². The topological polar surface area (TPSA) is 46.5 Å². The van der Waals surface area contributed by atoms with E-state index in [0.29, 0.717) is 11.5 Å². The molecule has 0 radical (unpaired) electrons. The fraction of sp³-hybridized carbons (Fsp3) is 0.222. The number of aromatic nitrogens is 4. The molecule has 0 aliphatic heterocycles. The Bertz CT molecular complexity index is 1080. The van der Waals surface area contributed by atoms with Crippen molar-refractivity contribution in [3.05, 3.63) is 51.0 Å². The van der Waals surface area contributed by atoms with Crippen LogP contribution in [0.2, 0.25) is 0 Å². The van der Waals surface area contributed by atoms with Crippen molar-refractivity contribution in [2.75, 3.05) is 0 Å². The Balaban J connectivity index is 2.14. The smallest absolute Gasteiger partial charge is 0.126 e. The average Bonchev–Trinajstić information content (AvgIpc) is 3.10. The molecule has 2 heterocycles. The minimum atomic E-state index is -0.185. The van der Waals surface area contributed by atoms with E-state index in [2.05, 4.69) is 62.5 Å². The molecule has 0 aliphatic carbocycles. The van der Waals surface area contributed by atoms with E-state index in [1.54, 1.807) is 6.92 Å². The van der Waals surface area contributed by atoms with Crippen LogP contribution in [0.15, 0.2) is 30.3 Å². The van der Waals surface area contributed by atoms with Gasteiger partial charge >= 0.3 is 0 Å². The minimum Gasteiger partial charge on any atom is -0.312 e. The molecule has 0 spiro atoms. The van der Waals surface area contributed by atoms with E-state index >= 15 is 0 Å². The van der Waals surface area contributed by atoms with Crippen LogP contribution in [0.3, 0.4) is 0 Å². The second kappa shape index (κ2) is 5.54. The maximum absolute atomic E-state index is 13.7. The molecular formula is C18H16FIN4. The second-order valence-electron chi connectivity index (χ2n) is 6.32. The van der Waals surface area contributed by atoms with Gasteiger partial charge in [0, 0.05) is 20.3 Å². The third-order valence-electron chi connectivity index (χ3n) is 4.33. The number of hydrogen-bond donors (Lipinski definition) is 1. The van der Waals surface area contributed by atoms with Crippen LogP contribution >= 0.6 is 22.6 Å². The summed E-state index contributed by atoms with van der Waals surface area (Å²) in [6.07, 6.45) is 0. The van der Waals surface area contributed by atoms with E-state index in [0.717, 1.165) is 27.6 Å². The highest BCUT2D eigenvalue weighted by Crippen LogP contribution is 2.36. The van der Waals surface area contributed by atoms with E-state index in [-0.39, 0.29) is 5.82 Å². The first kappa shape index (κ1) is 15.6. The maximum Gasteiger partial charge on any atom is 0.126 e. The summed E-state index contributed by atoms with van der Waals surface area (Å²) in [5.41, 5.74) is 5.64. The van der Waals surface area contributed by atoms with Gasteiger partial charge < -0.3 is 4.57 Å². The molecule has 0 saturated carbocycles. The van der Waals surface area contributed by atoms with Gasteiger partial charge in [-0.25, -0.2) is 4.39 Å². The molecule has 4 nitrogen and oxygen atoms in total. The standard InChI is InChI=1S/C18H16FIN4/c1-9(2)18-17(20)12-7-14-15(22-23-21-14)8-16(12)24(18)11-4-5-13(19)10(3)6-11/h4-9H,1-3H3,(H,21,22,23). The molecule has 2 aromatic heterocycles. The lowest BCUT2D eigenvalue weighted by molar-refractivity contribution is 0.618. The first-order chi connectivity index (χ1) is 11.5. The summed E-state index contributed by atoms with van der Waals surface area (Å²) in [4.78, 5) is 0. The molecule has 0 unspecified atom stereocenters. The van der Waals surface area contributed by atoms with Gasteiger partial charge in [-0.1, -0.05) is 19.1 Å². The zero-order chi connectivity index (χ0) is 17.0. The van der Waals surface area contributed by atoms with Gasteiger partial charge in [-0.15, -0.1) is 5.10 Å². The van der Waals surface area contributed by atoms with Crippen LogP contribution in [0.5, 0.6) is 0 Å². The summed E-state index contributed by atoms with van der Waals surface area (Å²) in [7, 11) is 0. The Kier molecular flexibility index (Phi) is 3.59. The predicted molar refractivity (Wildman–Crippen MR) is 102 cm³/mol. The van der Waals surface area contributed by atoms with Crippen molar-refractivity contribution < 1.29 is 4.39 Å². The minimum absolute atomic E-state index is 0.185. The molecule has 4 aromatic rings. The first-order valence-electron chi connectivity index (χ1n) is 7.78. The number of hydrogen-bond acceptors (Lipinski definition) is 2. The second-order valence-corrected chi connectivity index (χ2v) is 7.40. The number of halogens is 2. The van der Waals surface area contributed by atoms with Crippen molar-refractivity contribution in [2.45, 2.75) is 26.7 Å². The molecule has 6 heteroatoms. The normalized spacial score (nSPS) is 11.9. The highest BCUT2D eigenvalue weighted by Gasteiger charge is 2.20. The summed E-state index contributed by atoms with van der Waals surface area (Å²) >= 11 is 2.40. The third kappa shape index (κ3) is 2.23. The molecule has 0 saturated heterocycles. The highest BCUT2D eigenvalue weighted by atomic mass is 127. The van der Waals surface area contributed by atoms with Crippen LogP contribution in [-0.2, 0) is 0 Å². The van der Waals surface area contributed by atoms with Crippen molar-refractivity contribution in [2.24, 2.45) is 0 Å². The van der Waals surface area contributed by atoms with Crippen molar-refractivity contribution in [1.29, 1.82) is 0 Å². The van der Waals surface area contributed by atoms with Gasteiger partial charge in [-0.05, 0) is 71.3 Å². The van der Waals surface area contributed by atoms with Crippen LogP contribution < -0.4 is 0 Å². The summed E-state index contributed by atoms with van der Waals surface area (Å²) in [6, 6.07) is 9.38. The monoisotopic (exact) mass is 434 g/mol. The summed E-state index contributed by atoms with van der Waals surface area (Å²) < 4.78 is 17.1. The van der Waals surface area contributed by atoms with Crippen LogP contribution in [0.25, 0.3) is 27.6 Å². The van der Waals surface area contributed by atoms with E-state index in [1.165, 1.54) is 15.3 Å². The van der Waals surface area contributed by atoms with Gasteiger partial charge in [-0.3, -0.25) is 5.10 Å². The fourth-order valence-corrected chi connectivity index (χ4v) is 4.46. The highest BCUT2D eigenvalue weighted by molar-refractivity contribution is 14.1. The molecular weight excluding hydrogens is 418 g/mol. The van der Waals surface area contributed by atoms with Crippen molar-refractivity contribution in [1.82, 2.24) is 20.0 Å². The zero-order valence-electron chi connectivity index (χ0n) is 13.6. The lowest BCUT2D eigenvalue weighted by Crippen LogP contribution is -2.03. The Morgan fingerprint density at radius 1 is 1.21 bits per heavy atom. The molecule has 0 aliphatic rings. The Labute approximate surface area is 152 Å². The average molecular weight is 434 g/mol. The van der Waals surface area contributed by atoms with Gasteiger partial charge in [0.15, 0.2) is 0 Å². The SMILES string of the molecule is Cc1cc(-n2c(C(C)C)c(I)c3cc4[nH]nnc4cc32)ccc1F. The van der Waals surface area contributed by atoms with Crippen LogP contribution in [0.1, 0.15) is 31.0 Å². The quantitative estimate of drug-likeness (QED) is 0.448. The van der Waals surface area contributed by atoms with Crippen molar-refractivity contribution in [3.8, 4) is 5.69 Å². The Hall–Kier alpha value is -1.96. The number of benzene rings is 2. The molecule has 0 atom stereocenters.